The summed E-state index contributed by atoms with van der Waals surface area (Å²) >= 11 is 0. The standard InChI is InChI=1S/C12H20N4O/c1-8-10(7-14-16(8)2)11(12(13)17)15-9-5-3-4-6-9/h7,9,11,15H,3-6H2,1-2H3,(H2,13,17). The van der Waals surface area contributed by atoms with Crippen LogP contribution in [0.25, 0.3) is 0 Å². The van der Waals surface area contributed by atoms with Gasteiger partial charge in [-0.25, -0.2) is 0 Å². The first-order valence-electron chi connectivity index (χ1n) is 6.13. The molecule has 94 valence electrons. The molecule has 1 aromatic heterocycles. The van der Waals surface area contributed by atoms with Crippen molar-refractivity contribution in [1.82, 2.24) is 15.1 Å². The Morgan fingerprint density at radius 3 is 2.71 bits per heavy atom. The molecule has 17 heavy (non-hydrogen) atoms. The quantitative estimate of drug-likeness (QED) is 0.811. The summed E-state index contributed by atoms with van der Waals surface area (Å²) < 4.78 is 1.77. The van der Waals surface area contributed by atoms with E-state index in [0.29, 0.717) is 6.04 Å². The minimum absolute atomic E-state index is 0.326. The molecule has 0 saturated heterocycles. The molecule has 0 aliphatic heterocycles. The van der Waals surface area contributed by atoms with Crippen LogP contribution in [-0.4, -0.2) is 21.7 Å². The molecule has 5 nitrogen and oxygen atoms in total. The number of carbonyl (C=O) groups excluding carboxylic acids is 1. The van der Waals surface area contributed by atoms with Crippen LogP contribution in [0, 0.1) is 6.92 Å². The number of nitrogens with one attached hydrogen (secondary N) is 1. The third kappa shape index (κ3) is 2.49. The second kappa shape index (κ2) is 4.87. The van der Waals surface area contributed by atoms with Gasteiger partial charge in [0.2, 0.25) is 5.91 Å². The van der Waals surface area contributed by atoms with Crippen LogP contribution in [0.4, 0.5) is 0 Å². The molecule has 1 aromatic rings. The Morgan fingerprint density at radius 2 is 2.24 bits per heavy atom. The van der Waals surface area contributed by atoms with Crippen LogP contribution in [0.15, 0.2) is 6.20 Å². The van der Waals surface area contributed by atoms with Crippen LogP contribution in [0.1, 0.15) is 43.0 Å². The van der Waals surface area contributed by atoms with Crippen LogP contribution in [-0.2, 0) is 11.8 Å². The molecule has 1 aliphatic carbocycles. The fraction of sp³-hybridized carbons (Fsp3) is 0.667. The number of hydrogen-bond acceptors (Lipinski definition) is 3. The maximum absolute atomic E-state index is 11.6. The Bertz CT molecular complexity index is 407. The summed E-state index contributed by atoms with van der Waals surface area (Å²) in [4.78, 5) is 11.6. The van der Waals surface area contributed by atoms with Gasteiger partial charge in [-0.05, 0) is 19.8 Å². The maximum Gasteiger partial charge on any atom is 0.239 e. The summed E-state index contributed by atoms with van der Waals surface area (Å²) in [6, 6.07) is -0.00101. The molecule has 0 radical (unpaired) electrons. The van der Waals surface area contributed by atoms with E-state index >= 15 is 0 Å². The number of nitrogens with zero attached hydrogens (tertiary/aromatic N) is 2. The highest BCUT2D eigenvalue weighted by Crippen LogP contribution is 2.23. The van der Waals surface area contributed by atoms with Gasteiger partial charge in [0, 0.05) is 24.3 Å². The van der Waals surface area contributed by atoms with Crippen molar-refractivity contribution >= 4 is 5.91 Å². The first kappa shape index (κ1) is 12.1. The van der Waals surface area contributed by atoms with Gasteiger partial charge in [0.25, 0.3) is 0 Å². The third-order valence-corrected chi connectivity index (χ3v) is 3.63. The smallest absolute Gasteiger partial charge is 0.239 e. The summed E-state index contributed by atoms with van der Waals surface area (Å²) in [5.41, 5.74) is 7.37. The van der Waals surface area contributed by atoms with Gasteiger partial charge in [0.05, 0.1) is 6.20 Å². The summed E-state index contributed by atoms with van der Waals surface area (Å²) in [5, 5.41) is 7.52. The lowest BCUT2D eigenvalue weighted by molar-refractivity contribution is -0.120. The van der Waals surface area contributed by atoms with E-state index in [9.17, 15) is 4.79 Å². The average Bonchev–Trinajstić information content (AvgIpc) is 2.88. The lowest BCUT2D eigenvalue weighted by Gasteiger charge is -2.20. The fourth-order valence-corrected chi connectivity index (χ4v) is 2.45. The molecular formula is C12H20N4O. The van der Waals surface area contributed by atoms with Gasteiger partial charge >= 0.3 is 0 Å². The van der Waals surface area contributed by atoms with Crippen molar-refractivity contribution in [3.8, 4) is 0 Å². The second-order valence-corrected chi connectivity index (χ2v) is 4.79. The van der Waals surface area contributed by atoms with Gasteiger partial charge in [-0.3, -0.25) is 14.8 Å². The van der Waals surface area contributed by atoms with E-state index < -0.39 is 6.04 Å². The van der Waals surface area contributed by atoms with Crippen molar-refractivity contribution in [2.75, 3.05) is 0 Å². The number of nitrogens with two attached hydrogens (primary N) is 1. The highest BCUT2D eigenvalue weighted by Gasteiger charge is 2.26. The van der Waals surface area contributed by atoms with Crippen LogP contribution < -0.4 is 11.1 Å². The fourth-order valence-electron chi connectivity index (χ4n) is 2.45. The van der Waals surface area contributed by atoms with E-state index in [0.717, 1.165) is 24.1 Å². The van der Waals surface area contributed by atoms with Crippen molar-refractivity contribution in [3.05, 3.63) is 17.5 Å². The molecule has 0 bridgehead atoms. The predicted octanol–water partition coefficient (Wildman–Crippen LogP) is 0.787. The van der Waals surface area contributed by atoms with Gasteiger partial charge < -0.3 is 5.73 Å². The topological polar surface area (TPSA) is 72.9 Å². The first-order chi connectivity index (χ1) is 8.09. The molecule has 3 N–H and O–H groups in total. The van der Waals surface area contributed by atoms with E-state index in [-0.39, 0.29) is 5.91 Å². The summed E-state index contributed by atoms with van der Waals surface area (Å²) in [6.45, 7) is 1.95. The number of primary amides is 1. The minimum atomic E-state index is -0.410. The van der Waals surface area contributed by atoms with Crippen molar-refractivity contribution in [2.45, 2.75) is 44.7 Å². The van der Waals surface area contributed by atoms with Gasteiger partial charge in [0.1, 0.15) is 6.04 Å². The van der Waals surface area contributed by atoms with E-state index in [4.69, 9.17) is 5.73 Å². The van der Waals surface area contributed by atoms with Crippen LogP contribution in [0.3, 0.4) is 0 Å². The molecule has 1 amide bonds. The van der Waals surface area contributed by atoms with Crippen molar-refractivity contribution in [2.24, 2.45) is 12.8 Å². The number of carbonyl (C=O) groups is 1. The monoisotopic (exact) mass is 236 g/mol. The number of aromatic nitrogens is 2. The molecule has 1 fully saturated rings. The number of hydrogen-bond donors (Lipinski definition) is 2. The SMILES string of the molecule is Cc1c(C(NC2CCCC2)C(N)=O)cnn1C. The summed E-state index contributed by atoms with van der Waals surface area (Å²) in [7, 11) is 1.87. The van der Waals surface area contributed by atoms with Gasteiger partial charge in [0.15, 0.2) is 0 Å². The van der Waals surface area contributed by atoms with Crippen molar-refractivity contribution < 1.29 is 4.79 Å². The second-order valence-electron chi connectivity index (χ2n) is 4.79. The lowest BCUT2D eigenvalue weighted by Crippen LogP contribution is -2.39. The summed E-state index contributed by atoms with van der Waals surface area (Å²) in [6.07, 6.45) is 6.45. The molecule has 0 spiro atoms. The van der Waals surface area contributed by atoms with E-state index in [1.54, 1.807) is 10.9 Å². The normalized spacial score (nSPS) is 18.5. The van der Waals surface area contributed by atoms with Gasteiger partial charge in [-0.15, -0.1) is 0 Å². The largest absolute Gasteiger partial charge is 0.368 e. The zero-order valence-corrected chi connectivity index (χ0v) is 10.4. The Morgan fingerprint density at radius 1 is 1.59 bits per heavy atom. The van der Waals surface area contributed by atoms with E-state index in [2.05, 4.69) is 10.4 Å². The molecule has 0 aromatic carbocycles. The summed E-state index contributed by atoms with van der Waals surface area (Å²) in [5.74, 6) is -0.326. The molecule has 2 rings (SSSR count). The number of aryl methyl sites for hydroxylation is 1. The molecule has 1 aliphatic rings. The van der Waals surface area contributed by atoms with Crippen molar-refractivity contribution in [1.29, 1.82) is 0 Å². The molecule has 1 unspecified atom stereocenters. The first-order valence-corrected chi connectivity index (χ1v) is 6.13. The highest BCUT2D eigenvalue weighted by atomic mass is 16.1. The Kier molecular flexibility index (Phi) is 3.47. The Balaban J connectivity index is 2.16. The maximum atomic E-state index is 11.6. The van der Waals surface area contributed by atoms with Crippen molar-refractivity contribution in [3.63, 3.8) is 0 Å². The van der Waals surface area contributed by atoms with Crippen LogP contribution in [0.5, 0.6) is 0 Å². The molecule has 1 atom stereocenters. The predicted molar refractivity (Wildman–Crippen MR) is 65.3 cm³/mol. The van der Waals surface area contributed by atoms with Crippen LogP contribution in [0.2, 0.25) is 0 Å². The van der Waals surface area contributed by atoms with E-state index in [1.807, 2.05) is 14.0 Å². The lowest BCUT2D eigenvalue weighted by atomic mass is 10.1. The molecule has 1 saturated carbocycles. The molecule has 1 heterocycles. The number of rotatable bonds is 4. The molecular weight excluding hydrogens is 216 g/mol. The zero-order chi connectivity index (χ0) is 12.4. The number of amides is 1. The average molecular weight is 236 g/mol. The molecule has 5 heteroatoms. The Labute approximate surface area is 101 Å². The highest BCUT2D eigenvalue weighted by molar-refractivity contribution is 5.81. The Hall–Kier alpha value is -1.36. The minimum Gasteiger partial charge on any atom is -0.368 e. The van der Waals surface area contributed by atoms with Gasteiger partial charge in [-0.1, -0.05) is 12.8 Å². The van der Waals surface area contributed by atoms with E-state index in [1.165, 1.54) is 12.8 Å². The van der Waals surface area contributed by atoms with Crippen LogP contribution >= 0.6 is 0 Å². The van der Waals surface area contributed by atoms with Gasteiger partial charge in [-0.2, -0.15) is 5.10 Å². The third-order valence-electron chi connectivity index (χ3n) is 3.63. The zero-order valence-electron chi connectivity index (χ0n) is 10.4.